The lowest BCUT2D eigenvalue weighted by atomic mass is 9.60. The first kappa shape index (κ1) is 14.0. The number of benzene rings is 1. The van der Waals surface area contributed by atoms with Gasteiger partial charge in [0.25, 0.3) is 0 Å². The highest BCUT2D eigenvalue weighted by molar-refractivity contribution is 5.65. The molecular formula is C15H22O4. The average Bonchev–Trinajstić information content (AvgIpc) is 2.33. The van der Waals surface area contributed by atoms with E-state index >= 15 is 0 Å². The Morgan fingerprint density at radius 2 is 1.63 bits per heavy atom. The van der Waals surface area contributed by atoms with Crippen LogP contribution in [0.25, 0.3) is 0 Å². The van der Waals surface area contributed by atoms with Crippen molar-refractivity contribution in [1.82, 2.24) is 0 Å². The summed E-state index contributed by atoms with van der Waals surface area (Å²) in [6, 6.07) is 1.91. The van der Waals surface area contributed by atoms with Crippen LogP contribution < -0.4 is 14.2 Å². The number of rotatable bonds is 3. The van der Waals surface area contributed by atoms with E-state index in [4.69, 9.17) is 14.2 Å². The molecule has 1 unspecified atom stereocenters. The molecule has 0 amide bonds. The molecule has 0 saturated carbocycles. The molecule has 106 valence electrons. The summed E-state index contributed by atoms with van der Waals surface area (Å²) in [5, 5.41) is 10.9. The zero-order valence-electron chi connectivity index (χ0n) is 12.5. The fraction of sp³-hybridized carbons (Fsp3) is 0.600. The molecule has 0 aliphatic heterocycles. The average molecular weight is 266 g/mol. The van der Waals surface area contributed by atoms with E-state index < -0.39 is 5.60 Å². The fourth-order valence-electron chi connectivity index (χ4n) is 2.70. The summed E-state index contributed by atoms with van der Waals surface area (Å²) >= 11 is 0. The molecule has 19 heavy (non-hydrogen) atoms. The first-order valence-electron chi connectivity index (χ1n) is 6.35. The van der Waals surface area contributed by atoms with Crippen molar-refractivity contribution >= 4 is 0 Å². The molecule has 0 spiro atoms. The Hall–Kier alpha value is -1.42. The van der Waals surface area contributed by atoms with Gasteiger partial charge in [-0.3, -0.25) is 0 Å². The smallest absolute Gasteiger partial charge is 0.203 e. The van der Waals surface area contributed by atoms with Crippen molar-refractivity contribution in [3.05, 3.63) is 17.2 Å². The maximum absolute atomic E-state index is 10.9. The highest BCUT2D eigenvalue weighted by Gasteiger charge is 2.53. The molecule has 4 heteroatoms. The van der Waals surface area contributed by atoms with Crippen LogP contribution in [0.5, 0.6) is 17.2 Å². The monoisotopic (exact) mass is 266 g/mol. The maximum Gasteiger partial charge on any atom is 0.203 e. The second-order valence-corrected chi connectivity index (χ2v) is 5.97. The highest BCUT2D eigenvalue weighted by Crippen LogP contribution is 2.58. The first-order valence-corrected chi connectivity index (χ1v) is 6.35. The minimum absolute atomic E-state index is 0.271. The van der Waals surface area contributed by atoms with Gasteiger partial charge in [0.1, 0.15) is 5.60 Å². The highest BCUT2D eigenvalue weighted by atomic mass is 16.5. The van der Waals surface area contributed by atoms with Crippen molar-refractivity contribution < 1.29 is 19.3 Å². The maximum atomic E-state index is 10.9. The predicted molar refractivity (Wildman–Crippen MR) is 73.2 cm³/mol. The molecule has 1 atom stereocenters. The second-order valence-electron chi connectivity index (χ2n) is 5.97. The van der Waals surface area contributed by atoms with Crippen molar-refractivity contribution in [2.75, 3.05) is 21.3 Å². The largest absolute Gasteiger partial charge is 0.493 e. The standard InChI is InChI=1S/C15H22O4/c1-14(2,3)15(16)8-9-7-10(17-4)12(18-5)13(19-6)11(9)15/h7,16H,8H2,1-6H3. The second kappa shape index (κ2) is 4.30. The molecule has 1 aromatic rings. The van der Waals surface area contributed by atoms with E-state index in [1.54, 1.807) is 21.3 Å². The Kier molecular flexibility index (Phi) is 3.17. The van der Waals surface area contributed by atoms with Crippen LogP contribution in [-0.4, -0.2) is 26.4 Å². The summed E-state index contributed by atoms with van der Waals surface area (Å²) in [5.41, 5.74) is 0.701. The van der Waals surface area contributed by atoms with E-state index in [0.717, 1.165) is 11.1 Å². The van der Waals surface area contributed by atoms with Gasteiger partial charge in [-0.2, -0.15) is 0 Å². The van der Waals surface area contributed by atoms with Crippen molar-refractivity contribution in [2.24, 2.45) is 5.41 Å². The lowest BCUT2D eigenvalue weighted by molar-refractivity contribution is -0.0862. The van der Waals surface area contributed by atoms with Gasteiger partial charge in [0.2, 0.25) is 5.75 Å². The molecule has 0 radical (unpaired) electrons. The third-order valence-electron chi connectivity index (χ3n) is 4.01. The van der Waals surface area contributed by atoms with E-state index in [1.807, 2.05) is 26.8 Å². The molecule has 1 aliphatic rings. The van der Waals surface area contributed by atoms with Gasteiger partial charge in [-0.25, -0.2) is 0 Å². The number of methoxy groups -OCH3 is 3. The van der Waals surface area contributed by atoms with Crippen LogP contribution in [0.4, 0.5) is 0 Å². The van der Waals surface area contributed by atoms with Crippen LogP contribution in [0.1, 0.15) is 31.9 Å². The Morgan fingerprint density at radius 3 is 2.05 bits per heavy atom. The first-order chi connectivity index (χ1) is 8.80. The molecule has 2 rings (SSSR count). The summed E-state index contributed by atoms with van der Waals surface area (Å²) in [4.78, 5) is 0. The Bertz CT molecular complexity index is 502. The van der Waals surface area contributed by atoms with Crippen LogP contribution in [-0.2, 0) is 12.0 Å². The SMILES string of the molecule is COc1cc2c(c(OC)c1OC)C(O)(C(C)(C)C)C2. The zero-order chi connectivity index (χ0) is 14.4. The molecule has 0 heterocycles. The van der Waals surface area contributed by atoms with Gasteiger partial charge in [-0.15, -0.1) is 0 Å². The third kappa shape index (κ3) is 1.77. The summed E-state index contributed by atoms with van der Waals surface area (Å²) < 4.78 is 16.2. The van der Waals surface area contributed by atoms with Crippen molar-refractivity contribution in [3.63, 3.8) is 0 Å². The molecule has 1 aromatic carbocycles. The van der Waals surface area contributed by atoms with Crippen LogP contribution in [0.15, 0.2) is 6.07 Å². The normalized spacial score (nSPS) is 21.4. The molecule has 1 aliphatic carbocycles. The summed E-state index contributed by atoms with van der Waals surface area (Å²) in [6.45, 7) is 6.06. The molecule has 0 bridgehead atoms. The number of hydrogen-bond acceptors (Lipinski definition) is 4. The van der Waals surface area contributed by atoms with Gasteiger partial charge in [-0.05, 0) is 17.0 Å². The minimum Gasteiger partial charge on any atom is -0.493 e. The van der Waals surface area contributed by atoms with Crippen LogP contribution >= 0.6 is 0 Å². The van der Waals surface area contributed by atoms with Gasteiger partial charge in [0, 0.05) is 12.0 Å². The molecule has 0 aromatic heterocycles. The van der Waals surface area contributed by atoms with Gasteiger partial charge in [0.15, 0.2) is 11.5 Å². The van der Waals surface area contributed by atoms with Gasteiger partial charge < -0.3 is 19.3 Å². The van der Waals surface area contributed by atoms with Gasteiger partial charge in [0.05, 0.1) is 21.3 Å². The van der Waals surface area contributed by atoms with Crippen molar-refractivity contribution in [1.29, 1.82) is 0 Å². The van der Waals surface area contributed by atoms with E-state index in [2.05, 4.69) is 0 Å². The fourth-order valence-corrected chi connectivity index (χ4v) is 2.70. The van der Waals surface area contributed by atoms with Gasteiger partial charge in [-0.1, -0.05) is 20.8 Å². The summed E-state index contributed by atoms with van der Waals surface area (Å²) in [5.74, 6) is 1.74. The van der Waals surface area contributed by atoms with E-state index in [9.17, 15) is 5.11 Å². The van der Waals surface area contributed by atoms with E-state index in [1.165, 1.54) is 0 Å². The third-order valence-corrected chi connectivity index (χ3v) is 4.01. The molecule has 0 saturated heterocycles. The van der Waals surface area contributed by atoms with E-state index in [-0.39, 0.29) is 5.41 Å². The molecule has 4 nitrogen and oxygen atoms in total. The number of ether oxygens (including phenoxy) is 3. The Morgan fingerprint density at radius 1 is 1.05 bits per heavy atom. The lowest BCUT2D eigenvalue weighted by Crippen LogP contribution is -2.49. The van der Waals surface area contributed by atoms with E-state index in [0.29, 0.717) is 23.7 Å². The quantitative estimate of drug-likeness (QED) is 0.913. The Labute approximate surface area is 114 Å². The molecular weight excluding hydrogens is 244 g/mol. The summed E-state index contributed by atoms with van der Waals surface area (Å²) in [6.07, 6.45) is 0.600. The minimum atomic E-state index is -0.896. The number of hydrogen-bond donors (Lipinski definition) is 1. The Balaban J connectivity index is 2.67. The zero-order valence-corrected chi connectivity index (χ0v) is 12.5. The summed E-state index contributed by atoms with van der Waals surface area (Å²) in [7, 11) is 4.75. The molecule has 0 fully saturated rings. The number of aliphatic hydroxyl groups is 1. The van der Waals surface area contributed by atoms with Crippen LogP contribution in [0.3, 0.4) is 0 Å². The topological polar surface area (TPSA) is 47.9 Å². The lowest BCUT2D eigenvalue weighted by Gasteiger charge is -2.49. The van der Waals surface area contributed by atoms with Crippen molar-refractivity contribution in [2.45, 2.75) is 32.8 Å². The van der Waals surface area contributed by atoms with Crippen LogP contribution in [0.2, 0.25) is 0 Å². The van der Waals surface area contributed by atoms with Crippen LogP contribution in [0, 0.1) is 5.41 Å². The number of fused-ring (bicyclic) bond motifs is 1. The van der Waals surface area contributed by atoms with Crippen molar-refractivity contribution in [3.8, 4) is 17.2 Å². The van der Waals surface area contributed by atoms with Gasteiger partial charge >= 0.3 is 0 Å². The predicted octanol–water partition coefficient (Wildman–Crippen LogP) is 2.50. The molecule has 1 N–H and O–H groups in total.